The lowest BCUT2D eigenvalue weighted by molar-refractivity contribution is -0.119. The van der Waals surface area contributed by atoms with E-state index in [0.29, 0.717) is 12.6 Å². The van der Waals surface area contributed by atoms with Crippen molar-refractivity contribution in [2.75, 3.05) is 29.9 Å². The van der Waals surface area contributed by atoms with Gasteiger partial charge in [-0.25, -0.2) is 0 Å². The van der Waals surface area contributed by atoms with Gasteiger partial charge in [0.2, 0.25) is 5.91 Å². The minimum absolute atomic E-state index is 0.0790. The maximum Gasteiger partial charge on any atom is 0.239 e. The third kappa shape index (κ3) is 4.16. The van der Waals surface area contributed by atoms with E-state index in [2.05, 4.69) is 41.5 Å². The van der Waals surface area contributed by atoms with Crippen molar-refractivity contribution >= 4 is 17.3 Å². The molecule has 4 nitrogen and oxygen atoms in total. The van der Waals surface area contributed by atoms with Crippen LogP contribution in [0, 0.1) is 0 Å². The quantitative estimate of drug-likeness (QED) is 0.791. The fourth-order valence-corrected chi connectivity index (χ4v) is 2.07. The van der Waals surface area contributed by atoms with Crippen LogP contribution in [0.2, 0.25) is 0 Å². The van der Waals surface area contributed by atoms with E-state index in [1.54, 1.807) is 0 Å². The average Bonchev–Trinajstić information content (AvgIpc) is 3.23. The lowest BCUT2D eigenvalue weighted by Crippen LogP contribution is -2.31. The molecule has 0 heterocycles. The molecule has 0 unspecified atom stereocenters. The summed E-state index contributed by atoms with van der Waals surface area (Å²) >= 11 is 0. The lowest BCUT2D eigenvalue weighted by atomic mass is 10.2. The molecule has 0 bridgehead atoms. The highest BCUT2D eigenvalue weighted by Gasteiger charge is 2.22. The Morgan fingerprint density at radius 1 is 1.21 bits per heavy atom. The molecule has 1 saturated carbocycles. The maximum atomic E-state index is 11.6. The van der Waals surface area contributed by atoms with E-state index in [0.717, 1.165) is 31.6 Å². The van der Waals surface area contributed by atoms with Gasteiger partial charge in [0.05, 0.1) is 6.54 Å². The Bertz CT molecular complexity index is 408. The van der Waals surface area contributed by atoms with Gasteiger partial charge in [0, 0.05) is 30.5 Å². The standard InChI is InChI=1S/C15H23N3O/c1-3-18(4-2)14-9-7-12(8-10-14)16-11-15(19)17-13-5-6-13/h7-10,13,16H,3-6,11H2,1-2H3,(H,17,19). The monoisotopic (exact) mass is 261 g/mol. The molecule has 0 spiro atoms. The number of rotatable bonds is 7. The zero-order valence-corrected chi connectivity index (χ0v) is 11.8. The van der Waals surface area contributed by atoms with E-state index in [4.69, 9.17) is 0 Å². The molecule has 0 radical (unpaired) electrons. The van der Waals surface area contributed by atoms with Crippen LogP contribution in [0.15, 0.2) is 24.3 Å². The molecule has 19 heavy (non-hydrogen) atoms. The van der Waals surface area contributed by atoms with Crippen LogP contribution >= 0.6 is 0 Å². The van der Waals surface area contributed by atoms with Gasteiger partial charge in [-0.1, -0.05) is 0 Å². The van der Waals surface area contributed by atoms with Crippen molar-refractivity contribution in [3.63, 3.8) is 0 Å². The molecule has 0 aromatic heterocycles. The molecule has 2 rings (SSSR count). The van der Waals surface area contributed by atoms with Gasteiger partial charge in [0.1, 0.15) is 0 Å². The topological polar surface area (TPSA) is 44.4 Å². The molecule has 1 aromatic rings. The molecule has 4 heteroatoms. The average molecular weight is 261 g/mol. The third-order valence-electron chi connectivity index (χ3n) is 3.39. The van der Waals surface area contributed by atoms with Crippen LogP contribution in [0.4, 0.5) is 11.4 Å². The van der Waals surface area contributed by atoms with Gasteiger partial charge in [0.15, 0.2) is 0 Å². The number of anilines is 2. The van der Waals surface area contributed by atoms with Crippen LogP contribution in [0.25, 0.3) is 0 Å². The van der Waals surface area contributed by atoms with E-state index in [1.165, 1.54) is 5.69 Å². The summed E-state index contributed by atoms with van der Waals surface area (Å²) in [7, 11) is 0. The number of nitrogens with zero attached hydrogens (tertiary/aromatic N) is 1. The Kier molecular flexibility index (Phi) is 4.66. The van der Waals surface area contributed by atoms with Crippen LogP contribution < -0.4 is 15.5 Å². The van der Waals surface area contributed by atoms with Crippen LogP contribution in [0.3, 0.4) is 0 Å². The first-order valence-electron chi connectivity index (χ1n) is 7.11. The van der Waals surface area contributed by atoms with E-state index >= 15 is 0 Å². The molecule has 0 atom stereocenters. The van der Waals surface area contributed by atoms with E-state index in [1.807, 2.05) is 12.1 Å². The minimum atomic E-state index is 0.0790. The van der Waals surface area contributed by atoms with Crippen molar-refractivity contribution in [2.45, 2.75) is 32.7 Å². The first-order chi connectivity index (χ1) is 9.22. The van der Waals surface area contributed by atoms with Crippen LogP contribution in [-0.4, -0.2) is 31.6 Å². The summed E-state index contributed by atoms with van der Waals surface area (Å²) in [5, 5.41) is 6.11. The number of carbonyl (C=O) groups excluding carboxylic acids is 1. The molecule has 2 N–H and O–H groups in total. The van der Waals surface area contributed by atoms with Crippen molar-refractivity contribution < 1.29 is 4.79 Å². The van der Waals surface area contributed by atoms with Gasteiger partial charge in [-0.15, -0.1) is 0 Å². The second-order valence-electron chi connectivity index (χ2n) is 4.91. The van der Waals surface area contributed by atoms with Crippen molar-refractivity contribution in [3.05, 3.63) is 24.3 Å². The zero-order valence-electron chi connectivity index (χ0n) is 11.8. The summed E-state index contributed by atoms with van der Waals surface area (Å²) in [4.78, 5) is 13.8. The zero-order chi connectivity index (χ0) is 13.7. The third-order valence-corrected chi connectivity index (χ3v) is 3.39. The smallest absolute Gasteiger partial charge is 0.239 e. The van der Waals surface area contributed by atoms with E-state index < -0.39 is 0 Å². The van der Waals surface area contributed by atoms with E-state index in [9.17, 15) is 4.79 Å². The Hall–Kier alpha value is -1.71. The Morgan fingerprint density at radius 2 is 1.84 bits per heavy atom. The van der Waals surface area contributed by atoms with Crippen LogP contribution in [-0.2, 0) is 4.79 Å². The molecule has 1 aliphatic carbocycles. The first-order valence-corrected chi connectivity index (χ1v) is 7.11. The van der Waals surface area contributed by atoms with Gasteiger partial charge in [-0.2, -0.15) is 0 Å². The largest absolute Gasteiger partial charge is 0.376 e. The van der Waals surface area contributed by atoms with Crippen molar-refractivity contribution in [1.29, 1.82) is 0 Å². The maximum absolute atomic E-state index is 11.6. The van der Waals surface area contributed by atoms with Crippen LogP contribution in [0.1, 0.15) is 26.7 Å². The summed E-state index contributed by atoms with van der Waals surface area (Å²) in [6, 6.07) is 8.66. The summed E-state index contributed by atoms with van der Waals surface area (Å²) < 4.78 is 0. The number of hydrogen-bond acceptors (Lipinski definition) is 3. The molecule has 1 fully saturated rings. The number of benzene rings is 1. The second-order valence-corrected chi connectivity index (χ2v) is 4.91. The molecule has 1 aromatic carbocycles. The van der Waals surface area contributed by atoms with Gasteiger partial charge < -0.3 is 15.5 Å². The molecular weight excluding hydrogens is 238 g/mol. The van der Waals surface area contributed by atoms with Gasteiger partial charge >= 0.3 is 0 Å². The lowest BCUT2D eigenvalue weighted by Gasteiger charge is -2.21. The van der Waals surface area contributed by atoms with Gasteiger partial charge in [-0.3, -0.25) is 4.79 Å². The van der Waals surface area contributed by atoms with Gasteiger partial charge in [0.25, 0.3) is 0 Å². The molecular formula is C15H23N3O. The number of amides is 1. The van der Waals surface area contributed by atoms with Gasteiger partial charge in [-0.05, 0) is 51.0 Å². The summed E-state index contributed by atoms with van der Waals surface area (Å²) in [6.07, 6.45) is 2.26. The molecule has 104 valence electrons. The van der Waals surface area contributed by atoms with Crippen molar-refractivity contribution in [1.82, 2.24) is 5.32 Å². The Labute approximate surface area is 115 Å². The molecule has 0 aliphatic heterocycles. The second kappa shape index (κ2) is 6.45. The highest BCUT2D eigenvalue weighted by molar-refractivity contribution is 5.81. The number of hydrogen-bond donors (Lipinski definition) is 2. The molecule has 1 aliphatic rings. The summed E-state index contributed by atoms with van der Waals surface area (Å²) in [5.41, 5.74) is 2.21. The normalized spacial score (nSPS) is 14.0. The SMILES string of the molecule is CCN(CC)c1ccc(NCC(=O)NC2CC2)cc1. The van der Waals surface area contributed by atoms with E-state index in [-0.39, 0.29) is 5.91 Å². The fourth-order valence-electron chi connectivity index (χ4n) is 2.07. The predicted molar refractivity (Wildman–Crippen MR) is 79.7 cm³/mol. The minimum Gasteiger partial charge on any atom is -0.376 e. The highest BCUT2D eigenvalue weighted by atomic mass is 16.2. The van der Waals surface area contributed by atoms with Crippen LogP contribution in [0.5, 0.6) is 0 Å². The number of carbonyl (C=O) groups is 1. The molecule has 1 amide bonds. The molecule has 0 saturated heterocycles. The fraction of sp³-hybridized carbons (Fsp3) is 0.533. The van der Waals surface area contributed by atoms with Crippen molar-refractivity contribution in [3.8, 4) is 0 Å². The Morgan fingerprint density at radius 3 is 2.37 bits per heavy atom. The highest BCUT2D eigenvalue weighted by Crippen LogP contribution is 2.19. The van der Waals surface area contributed by atoms with Crippen molar-refractivity contribution in [2.24, 2.45) is 0 Å². The predicted octanol–water partition coefficient (Wildman–Crippen LogP) is 2.22. The Balaban J connectivity index is 1.82. The summed E-state index contributed by atoms with van der Waals surface area (Å²) in [6.45, 7) is 6.66. The summed E-state index contributed by atoms with van der Waals surface area (Å²) in [5.74, 6) is 0.0790. The number of nitrogens with one attached hydrogen (secondary N) is 2. The first kappa shape index (κ1) is 13.7.